The first kappa shape index (κ1) is 21.9. The molecule has 146 valence electrons. The third-order valence-corrected chi connectivity index (χ3v) is 5.02. The topological polar surface area (TPSA) is 33.3 Å². The van der Waals surface area contributed by atoms with Crippen molar-refractivity contribution in [2.75, 3.05) is 81.2 Å². The van der Waals surface area contributed by atoms with E-state index in [-0.39, 0.29) is 5.91 Å². The number of piperidine rings is 1. The maximum Gasteiger partial charge on any atom is 0.249 e. The first-order valence-electron chi connectivity index (χ1n) is 9.47. The summed E-state index contributed by atoms with van der Waals surface area (Å²) in [6.45, 7) is 10.6. The number of rotatable bonds is 0. The molecule has 2 fully saturated rings. The van der Waals surface area contributed by atoms with Crippen LogP contribution in [0.1, 0.15) is 19.8 Å². The number of likely N-dealkylation sites (N-methyl/N-ethyl adjacent to an activating group) is 3. The molecule has 0 atom stereocenters. The summed E-state index contributed by atoms with van der Waals surface area (Å²) < 4.78 is 0. The van der Waals surface area contributed by atoms with Crippen molar-refractivity contribution >= 4 is 5.91 Å². The molecule has 0 saturated carbocycles. The van der Waals surface area contributed by atoms with Gasteiger partial charge in [0.1, 0.15) is 0 Å². The van der Waals surface area contributed by atoms with Crippen molar-refractivity contribution in [3.63, 3.8) is 0 Å². The number of hydrogen-bond acceptors (Lipinski definition) is 5. The smallest absolute Gasteiger partial charge is 0.249 e. The molecular formula is C19H39N5O. The van der Waals surface area contributed by atoms with Gasteiger partial charge in [-0.25, -0.2) is 0 Å². The normalized spacial score (nSPS) is 23.7. The van der Waals surface area contributed by atoms with Gasteiger partial charge in [0.05, 0.1) is 6.67 Å². The predicted octanol–water partition coefficient (Wildman–Crippen LogP) is 1.07. The minimum Gasteiger partial charge on any atom is -0.363 e. The Hall–Kier alpha value is -1.11. The molecule has 0 aliphatic carbocycles. The minimum atomic E-state index is 0.0769. The summed E-state index contributed by atoms with van der Waals surface area (Å²) >= 11 is 0. The van der Waals surface area contributed by atoms with Gasteiger partial charge < -0.3 is 24.5 Å². The molecule has 3 heterocycles. The van der Waals surface area contributed by atoms with Crippen molar-refractivity contribution in [2.24, 2.45) is 5.92 Å². The molecule has 0 bridgehead atoms. The van der Waals surface area contributed by atoms with Crippen molar-refractivity contribution in [3.8, 4) is 0 Å². The van der Waals surface area contributed by atoms with Gasteiger partial charge in [0.2, 0.25) is 5.91 Å². The van der Waals surface area contributed by atoms with Crippen molar-refractivity contribution in [1.82, 2.24) is 24.5 Å². The lowest BCUT2D eigenvalue weighted by molar-refractivity contribution is -0.127. The molecule has 0 unspecified atom stereocenters. The van der Waals surface area contributed by atoms with Crippen LogP contribution in [0, 0.1) is 5.92 Å². The van der Waals surface area contributed by atoms with Crippen LogP contribution in [0.4, 0.5) is 0 Å². The highest BCUT2D eigenvalue weighted by Gasteiger charge is 2.11. The van der Waals surface area contributed by atoms with Crippen LogP contribution in [0.2, 0.25) is 0 Å². The van der Waals surface area contributed by atoms with E-state index in [0.717, 1.165) is 5.92 Å². The second-order valence-corrected chi connectivity index (χ2v) is 7.84. The maximum absolute atomic E-state index is 10.8. The second-order valence-electron chi connectivity index (χ2n) is 7.84. The Bertz CT molecular complexity index is 359. The highest BCUT2D eigenvalue weighted by atomic mass is 16.2. The third kappa shape index (κ3) is 9.82. The van der Waals surface area contributed by atoms with Crippen molar-refractivity contribution in [1.29, 1.82) is 0 Å². The molecule has 0 aromatic rings. The molecule has 0 N–H and O–H groups in total. The summed E-state index contributed by atoms with van der Waals surface area (Å²) in [6, 6.07) is 0. The number of nitrogens with zero attached hydrogens (tertiary/aromatic N) is 5. The van der Waals surface area contributed by atoms with Crippen molar-refractivity contribution in [2.45, 2.75) is 19.8 Å². The monoisotopic (exact) mass is 353 g/mol. The summed E-state index contributed by atoms with van der Waals surface area (Å²) in [5.41, 5.74) is 0. The molecule has 0 spiro atoms. The lowest BCUT2D eigenvalue weighted by Crippen LogP contribution is -2.42. The van der Waals surface area contributed by atoms with Crippen LogP contribution in [-0.4, -0.2) is 112 Å². The summed E-state index contributed by atoms with van der Waals surface area (Å²) in [5.74, 6) is 1.05. The quantitative estimate of drug-likeness (QED) is 0.651. The number of carbonyl (C=O) groups excluding carboxylic acids is 1. The molecule has 0 radical (unpaired) electrons. The molecule has 6 heteroatoms. The Kier molecular flexibility index (Phi) is 10.1. The van der Waals surface area contributed by atoms with Gasteiger partial charge in [0, 0.05) is 52.6 Å². The average Bonchev–Trinajstić information content (AvgIpc) is 2.58. The van der Waals surface area contributed by atoms with E-state index in [1.807, 2.05) is 11.9 Å². The highest BCUT2D eigenvalue weighted by Crippen LogP contribution is 2.13. The van der Waals surface area contributed by atoms with E-state index in [9.17, 15) is 4.79 Å². The first-order valence-corrected chi connectivity index (χ1v) is 9.47. The van der Waals surface area contributed by atoms with Gasteiger partial charge in [0.15, 0.2) is 0 Å². The van der Waals surface area contributed by atoms with Gasteiger partial charge in [-0.3, -0.25) is 4.79 Å². The van der Waals surface area contributed by atoms with Crippen LogP contribution >= 0.6 is 0 Å². The molecule has 0 aromatic carbocycles. The van der Waals surface area contributed by atoms with Gasteiger partial charge in [-0.15, -0.1) is 0 Å². The average molecular weight is 354 g/mol. The number of carbonyl (C=O) groups is 1. The number of piperazine rings is 1. The molecule has 3 aliphatic heterocycles. The second kappa shape index (κ2) is 11.5. The Morgan fingerprint density at radius 1 is 0.800 bits per heavy atom. The van der Waals surface area contributed by atoms with E-state index >= 15 is 0 Å². The Morgan fingerprint density at radius 3 is 1.60 bits per heavy atom. The Morgan fingerprint density at radius 2 is 1.24 bits per heavy atom. The van der Waals surface area contributed by atoms with E-state index < -0.39 is 0 Å². The van der Waals surface area contributed by atoms with Crippen LogP contribution < -0.4 is 0 Å². The van der Waals surface area contributed by atoms with E-state index in [4.69, 9.17) is 0 Å². The fourth-order valence-corrected chi connectivity index (χ4v) is 2.81. The molecular weight excluding hydrogens is 314 g/mol. The predicted molar refractivity (Wildman–Crippen MR) is 105 cm³/mol. The SMILES string of the molecule is CC1CCN(C)CC1.CN1C=CC(=O)N(C)C1.CN1CCN(C)CC1. The summed E-state index contributed by atoms with van der Waals surface area (Å²) in [6.07, 6.45) is 6.14. The van der Waals surface area contributed by atoms with Gasteiger partial charge in [-0.1, -0.05) is 6.92 Å². The van der Waals surface area contributed by atoms with Crippen molar-refractivity contribution in [3.05, 3.63) is 12.3 Å². The molecule has 0 aromatic heterocycles. The summed E-state index contributed by atoms with van der Waals surface area (Å²) in [5, 5.41) is 0. The van der Waals surface area contributed by atoms with Crippen molar-refractivity contribution < 1.29 is 4.79 Å². The van der Waals surface area contributed by atoms with Crippen LogP contribution in [0.25, 0.3) is 0 Å². The first-order chi connectivity index (χ1) is 11.8. The number of hydrogen-bond donors (Lipinski definition) is 0. The van der Waals surface area contributed by atoms with Gasteiger partial charge >= 0.3 is 0 Å². The Labute approximate surface area is 155 Å². The zero-order valence-electron chi connectivity index (χ0n) is 17.2. The lowest BCUT2D eigenvalue weighted by Gasteiger charge is -2.28. The lowest BCUT2D eigenvalue weighted by atomic mass is 10.00. The van der Waals surface area contributed by atoms with Gasteiger partial charge in [-0.05, 0) is 53.0 Å². The molecule has 6 nitrogen and oxygen atoms in total. The fourth-order valence-electron chi connectivity index (χ4n) is 2.81. The number of amides is 1. The highest BCUT2D eigenvalue weighted by molar-refractivity contribution is 5.87. The van der Waals surface area contributed by atoms with Gasteiger partial charge in [0.25, 0.3) is 0 Å². The van der Waals surface area contributed by atoms with Crippen LogP contribution in [-0.2, 0) is 4.79 Å². The zero-order valence-corrected chi connectivity index (χ0v) is 17.2. The largest absolute Gasteiger partial charge is 0.363 e. The molecule has 3 rings (SSSR count). The number of likely N-dealkylation sites (tertiary alicyclic amines) is 1. The molecule has 1 amide bonds. The van der Waals surface area contributed by atoms with E-state index in [1.54, 1.807) is 24.2 Å². The molecule has 2 saturated heterocycles. The van der Waals surface area contributed by atoms with E-state index in [0.29, 0.717) is 6.67 Å². The molecule has 3 aliphatic rings. The van der Waals surface area contributed by atoms with Gasteiger partial charge in [-0.2, -0.15) is 0 Å². The standard InChI is InChI=1S/C7H15N.C6H10N2O.C6H14N2/c1-7-3-5-8(2)6-4-7;1-7-4-3-6(9)8(2)5-7;1-7-3-5-8(2)6-4-7/h7H,3-6H2,1-2H3;3-4H,5H2,1-2H3;3-6H2,1-2H3. The maximum atomic E-state index is 10.8. The third-order valence-electron chi connectivity index (χ3n) is 5.02. The minimum absolute atomic E-state index is 0.0769. The van der Waals surface area contributed by atoms with Crippen LogP contribution in [0.15, 0.2) is 12.3 Å². The van der Waals surface area contributed by atoms with E-state index in [2.05, 4.69) is 42.8 Å². The summed E-state index contributed by atoms with van der Waals surface area (Å²) in [4.78, 5) is 21.5. The van der Waals surface area contributed by atoms with E-state index in [1.165, 1.54) is 52.1 Å². The zero-order chi connectivity index (χ0) is 18.8. The fraction of sp³-hybridized carbons (Fsp3) is 0.842. The van der Waals surface area contributed by atoms with Crippen LogP contribution in [0.3, 0.4) is 0 Å². The van der Waals surface area contributed by atoms with Crippen LogP contribution in [0.5, 0.6) is 0 Å². The summed E-state index contributed by atoms with van der Waals surface area (Å²) in [7, 11) is 10.3. The molecule has 25 heavy (non-hydrogen) atoms. The Balaban J connectivity index is 0.000000188.